The Morgan fingerprint density at radius 2 is 1.90 bits per heavy atom. The van der Waals surface area contributed by atoms with Crippen LogP contribution in [0.3, 0.4) is 0 Å². The fraction of sp³-hybridized carbons (Fsp3) is 0.471. The van der Waals surface area contributed by atoms with Gasteiger partial charge in [-0.3, -0.25) is 4.99 Å². The van der Waals surface area contributed by atoms with Crippen molar-refractivity contribution < 1.29 is 0 Å². The standard InChI is InChI=1S/C17H25N3/c1-16(2,14-20(3)4)13-17(11-8-12-18-17)19-15-9-6-5-7-10-15/h5-12,19H,13-14H2,1-4H3. The zero-order valence-corrected chi connectivity index (χ0v) is 12.9. The van der Waals surface area contributed by atoms with E-state index < -0.39 is 0 Å². The third kappa shape index (κ3) is 3.94. The minimum absolute atomic E-state index is 0.178. The molecule has 2 rings (SSSR count). The second kappa shape index (κ2) is 5.80. The summed E-state index contributed by atoms with van der Waals surface area (Å²) in [5.41, 5.74) is 0.967. The highest BCUT2D eigenvalue weighted by molar-refractivity contribution is 5.76. The van der Waals surface area contributed by atoms with Crippen molar-refractivity contribution in [2.24, 2.45) is 10.4 Å². The third-order valence-corrected chi connectivity index (χ3v) is 3.39. The molecule has 1 heterocycles. The molecule has 0 fully saturated rings. The predicted octanol–water partition coefficient (Wildman–Crippen LogP) is 3.41. The van der Waals surface area contributed by atoms with Crippen molar-refractivity contribution in [2.75, 3.05) is 26.0 Å². The van der Waals surface area contributed by atoms with Crippen LogP contribution in [0.15, 0.2) is 47.5 Å². The number of nitrogens with zero attached hydrogens (tertiary/aromatic N) is 2. The molecule has 0 spiro atoms. The van der Waals surface area contributed by atoms with Crippen LogP contribution in [0.25, 0.3) is 0 Å². The molecule has 0 aromatic heterocycles. The van der Waals surface area contributed by atoms with Crippen molar-refractivity contribution in [3.63, 3.8) is 0 Å². The van der Waals surface area contributed by atoms with Gasteiger partial charge in [0, 0.05) is 24.9 Å². The number of hydrogen-bond donors (Lipinski definition) is 1. The largest absolute Gasteiger partial charge is 0.358 e. The number of benzene rings is 1. The van der Waals surface area contributed by atoms with Gasteiger partial charge < -0.3 is 10.2 Å². The minimum atomic E-state index is -0.319. The molecule has 0 radical (unpaired) electrons. The second-order valence-corrected chi connectivity index (χ2v) is 6.63. The van der Waals surface area contributed by atoms with E-state index >= 15 is 0 Å². The summed E-state index contributed by atoms with van der Waals surface area (Å²) in [6.45, 7) is 5.63. The van der Waals surface area contributed by atoms with Crippen LogP contribution in [0.5, 0.6) is 0 Å². The average molecular weight is 271 g/mol. The summed E-state index contributed by atoms with van der Waals surface area (Å²) in [5, 5.41) is 3.58. The van der Waals surface area contributed by atoms with E-state index in [-0.39, 0.29) is 11.1 Å². The van der Waals surface area contributed by atoms with Crippen LogP contribution in [0, 0.1) is 5.41 Å². The molecule has 1 N–H and O–H groups in total. The van der Waals surface area contributed by atoms with Gasteiger partial charge in [0.15, 0.2) is 0 Å². The van der Waals surface area contributed by atoms with Crippen molar-refractivity contribution >= 4 is 11.9 Å². The van der Waals surface area contributed by atoms with Gasteiger partial charge in [0.1, 0.15) is 5.66 Å². The lowest BCUT2D eigenvalue weighted by molar-refractivity contribution is 0.202. The summed E-state index contributed by atoms with van der Waals surface area (Å²) in [6, 6.07) is 10.3. The van der Waals surface area contributed by atoms with Gasteiger partial charge in [-0.2, -0.15) is 0 Å². The Labute approximate surface area is 122 Å². The van der Waals surface area contributed by atoms with E-state index in [4.69, 9.17) is 0 Å². The zero-order valence-electron chi connectivity index (χ0n) is 12.9. The summed E-state index contributed by atoms with van der Waals surface area (Å²) in [5.74, 6) is 0. The lowest BCUT2D eigenvalue weighted by atomic mass is 9.82. The molecule has 1 aliphatic heterocycles. The van der Waals surface area contributed by atoms with E-state index in [1.165, 1.54) is 0 Å². The lowest BCUT2D eigenvalue weighted by Crippen LogP contribution is -2.41. The normalized spacial score (nSPS) is 21.6. The van der Waals surface area contributed by atoms with Gasteiger partial charge in [-0.25, -0.2) is 0 Å². The predicted molar refractivity (Wildman–Crippen MR) is 87.4 cm³/mol. The summed E-state index contributed by atoms with van der Waals surface area (Å²) in [7, 11) is 4.24. The number of hydrogen-bond acceptors (Lipinski definition) is 3. The molecule has 1 atom stereocenters. The van der Waals surface area contributed by atoms with Crippen molar-refractivity contribution in [1.29, 1.82) is 0 Å². The Kier molecular flexibility index (Phi) is 4.29. The Hall–Kier alpha value is -1.61. The summed E-state index contributed by atoms with van der Waals surface area (Å²) >= 11 is 0. The first-order valence-corrected chi connectivity index (χ1v) is 7.12. The molecular formula is C17H25N3. The number of rotatable bonds is 6. The Morgan fingerprint density at radius 3 is 2.45 bits per heavy atom. The maximum absolute atomic E-state index is 4.69. The molecular weight excluding hydrogens is 246 g/mol. The van der Waals surface area contributed by atoms with Crippen LogP contribution in [0.1, 0.15) is 20.3 Å². The van der Waals surface area contributed by atoms with Crippen LogP contribution in [0.4, 0.5) is 5.69 Å². The Bertz CT molecular complexity index is 474. The number of aliphatic imine (C=N–C) groups is 1. The summed E-state index contributed by atoms with van der Waals surface area (Å²) in [6.07, 6.45) is 7.04. The van der Waals surface area contributed by atoms with E-state index in [1.54, 1.807) is 0 Å². The van der Waals surface area contributed by atoms with Crippen LogP contribution in [-0.4, -0.2) is 37.4 Å². The molecule has 3 nitrogen and oxygen atoms in total. The van der Waals surface area contributed by atoms with Gasteiger partial charge in [0.2, 0.25) is 0 Å². The summed E-state index contributed by atoms with van der Waals surface area (Å²) < 4.78 is 0. The minimum Gasteiger partial charge on any atom is -0.358 e. The van der Waals surface area contributed by atoms with E-state index in [0.717, 1.165) is 18.7 Å². The van der Waals surface area contributed by atoms with Crippen molar-refractivity contribution in [3.05, 3.63) is 42.5 Å². The lowest BCUT2D eigenvalue weighted by Gasteiger charge is -2.37. The van der Waals surface area contributed by atoms with Gasteiger partial charge in [0.25, 0.3) is 0 Å². The molecule has 20 heavy (non-hydrogen) atoms. The van der Waals surface area contributed by atoms with Gasteiger partial charge in [-0.1, -0.05) is 32.0 Å². The van der Waals surface area contributed by atoms with Crippen molar-refractivity contribution in [2.45, 2.75) is 25.9 Å². The van der Waals surface area contributed by atoms with Crippen LogP contribution < -0.4 is 5.32 Å². The molecule has 108 valence electrons. The van der Waals surface area contributed by atoms with Crippen molar-refractivity contribution in [1.82, 2.24) is 4.90 Å². The Balaban J connectivity index is 2.15. The molecule has 0 aliphatic carbocycles. The quantitative estimate of drug-likeness (QED) is 0.858. The molecule has 1 aliphatic rings. The van der Waals surface area contributed by atoms with Crippen molar-refractivity contribution in [3.8, 4) is 0 Å². The van der Waals surface area contributed by atoms with Crippen LogP contribution >= 0.6 is 0 Å². The maximum Gasteiger partial charge on any atom is 0.149 e. The van der Waals surface area contributed by atoms with Crippen LogP contribution in [-0.2, 0) is 0 Å². The Morgan fingerprint density at radius 1 is 1.20 bits per heavy atom. The monoisotopic (exact) mass is 271 g/mol. The van der Waals surface area contributed by atoms with Gasteiger partial charge in [-0.05, 0) is 43.8 Å². The van der Waals surface area contributed by atoms with Gasteiger partial charge in [0.05, 0.1) is 0 Å². The number of anilines is 1. The van der Waals surface area contributed by atoms with Crippen LogP contribution in [0.2, 0.25) is 0 Å². The number of nitrogens with one attached hydrogen (secondary N) is 1. The van der Waals surface area contributed by atoms with Gasteiger partial charge >= 0.3 is 0 Å². The average Bonchev–Trinajstić information content (AvgIpc) is 2.75. The molecule has 1 aromatic carbocycles. The third-order valence-electron chi connectivity index (χ3n) is 3.39. The number of para-hydroxylation sites is 1. The first kappa shape index (κ1) is 14.8. The molecule has 0 bridgehead atoms. The van der Waals surface area contributed by atoms with E-state index in [0.29, 0.717) is 0 Å². The fourth-order valence-corrected chi connectivity index (χ4v) is 3.06. The molecule has 0 saturated carbocycles. The highest BCUT2D eigenvalue weighted by atomic mass is 15.2. The van der Waals surface area contributed by atoms with E-state index in [2.05, 4.69) is 61.4 Å². The van der Waals surface area contributed by atoms with E-state index in [9.17, 15) is 0 Å². The molecule has 0 amide bonds. The first-order valence-electron chi connectivity index (χ1n) is 7.12. The topological polar surface area (TPSA) is 27.6 Å². The highest BCUT2D eigenvalue weighted by Crippen LogP contribution is 2.34. The molecule has 0 saturated heterocycles. The maximum atomic E-state index is 4.69. The second-order valence-electron chi connectivity index (χ2n) is 6.63. The van der Waals surface area contributed by atoms with Gasteiger partial charge in [-0.15, -0.1) is 0 Å². The number of allylic oxidation sites excluding steroid dienone is 1. The SMILES string of the molecule is CN(C)CC(C)(C)CC1(Nc2ccccc2)C=CC=N1. The first-order chi connectivity index (χ1) is 9.41. The van der Waals surface area contributed by atoms with E-state index in [1.807, 2.05) is 30.5 Å². The highest BCUT2D eigenvalue weighted by Gasteiger charge is 2.35. The molecule has 3 heteroatoms. The smallest absolute Gasteiger partial charge is 0.149 e. The molecule has 1 unspecified atom stereocenters. The fourth-order valence-electron chi connectivity index (χ4n) is 3.06. The molecule has 1 aromatic rings. The zero-order chi connectivity index (χ0) is 14.6. The summed E-state index contributed by atoms with van der Waals surface area (Å²) in [4.78, 5) is 6.92.